The molecule has 1 aromatic heterocycles. The Hall–Kier alpha value is -0.520. The molecule has 1 aromatic rings. The van der Waals surface area contributed by atoms with Crippen LogP contribution >= 0.6 is 11.5 Å². The number of hydrogen-bond donors (Lipinski definition) is 2. The van der Waals surface area contributed by atoms with Crippen LogP contribution in [0.2, 0.25) is 0 Å². The lowest BCUT2D eigenvalue weighted by Gasteiger charge is -2.26. The monoisotopic (exact) mass is 213 g/mol. The lowest BCUT2D eigenvalue weighted by Crippen LogP contribution is -2.35. The van der Waals surface area contributed by atoms with Gasteiger partial charge in [0.25, 0.3) is 0 Å². The summed E-state index contributed by atoms with van der Waals surface area (Å²) in [5.41, 5.74) is 0.995. The Bertz CT molecular complexity index is 265. The fraction of sp³-hybridized carbons (Fsp3) is 0.778. The van der Waals surface area contributed by atoms with E-state index in [0.717, 1.165) is 37.9 Å². The summed E-state index contributed by atoms with van der Waals surface area (Å²) in [6, 6.07) is 0.445. The van der Waals surface area contributed by atoms with Crippen molar-refractivity contribution in [2.45, 2.75) is 44.4 Å². The van der Waals surface area contributed by atoms with Crippen LogP contribution in [0.5, 0.6) is 0 Å². The van der Waals surface area contributed by atoms with Gasteiger partial charge in [-0.25, -0.2) is 0 Å². The largest absolute Gasteiger partial charge is 0.393 e. The van der Waals surface area contributed by atoms with Crippen molar-refractivity contribution in [3.8, 4) is 0 Å². The molecule has 0 saturated heterocycles. The van der Waals surface area contributed by atoms with Crippen LogP contribution in [-0.4, -0.2) is 26.8 Å². The van der Waals surface area contributed by atoms with E-state index in [1.807, 2.05) is 5.38 Å². The van der Waals surface area contributed by atoms with Gasteiger partial charge in [0.1, 0.15) is 0 Å². The molecule has 2 rings (SSSR count). The summed E-state index contributed by atoms with van der Waals surface area (Å²) in [5.74, 6) is 0. The van der Waals surface area contributed by atoms with Crippen molar-refractivity contribution >= 4 is 11.5 Å². The van der Waals surface area contributed by atoms with Gasteiger partial charge in [0, 0.05) is 18.0 Å². The van der Waals surface area contributed by atoms with E-state index in [-0.39, 0.29) is 6.10 Å². The molecule has 0 unspecified atom stereocenters. The Morgan fingerprint density at radius 1 is 1.57 bits per heavy atom. The highest BCUT2D eigenvalue weighted by Gasteiger charge is 2.19. The summed E-state index contributed by atoms with van der Waals surface area (Å²) >= 11 is 1.38. The van der Waals surface area contributed by atoms with Crippen LogP contribution in [-0.2, 0) is 6.54 Å². The second kappa shape index (κ2) is 4.82. The first-order valence-corrected chi connectivity index (χ1v) is 5.85. The van der Waals surface area contributed by atoms with Crippen molar-refractivity contribution in [1.82, 2.24) is 14.9 Å². The number of hydrogen-bond acceptors (Lipinski definition) is 5. The molecule has 0 bridgehead atoms. The molecule has 1 fully saturated rings. The number of rotatable bonds is 3. The van der Waals surface area contributed by atoms with Crippen molar-refractivity contribution in [1.29, 1.82) is 0 Å². The molecule has 0 spiro atoms. The fourth-order valence-corrected chi connectivity index (χ4v) is 2.31. The molecular weight excluding hydrogens is 198 g/mol. The average Bonchev–Trinajstić information content (AvgIpc) is 2.67. The molecule has 0 radical (unpaired) electrons. The zero-order valence-corrected chi connectivity index (χ0v) is 8.83. The van der Waals surface area contributed by atoms with E-state index in [9.17, 15) is 5.11 Å². The highest BCUT2D eigenvalue weighted by Crippen LogP contribution is 2.18. The van der Waals surface area contributed by atoms with Crippen molar-refractivity contribution in [2.24, 2.45) is 0 Å². The smallest absolute Gasteiger partial charge is 0.0893 e. The molecule has 2 atom stereocenters. The molecule has 4 nitrogen and oxygen atoms in total. The van der Waals surface area contributed by atoms with Gasteiger partial charge in [0.15, 0.2) is 0 Å². The quantitative estimate of drug-likeness (QED) is 0.784. The van der Waals surface area contributed by atoms with Gasteiger partial charge < -0.3 is 10.4 Å². The van der Waals surface area contributed by atoms with Crippen LogP contribution in [0.1, 0.15) is 31.4 Å². The highest BCUT2D eigenvalue weighted by atomic mass is 32.1. The fourth-order valence-electron chi connectivity index (χ4n) is 1.86. The SMILES string of the molecule is O[C@@H]1CCC[C@H](NCc2csnn2)C1. The number of nitrogens with zero attached hydrogens (tertiary/aromatic N) is 2. The summed E-state index contributed by atoms with van der Waals surface area (Å²) < 4.78 is 3.80. The Kier molecular flexibility index (Phi) is 3.44. The van der Waals surface area contributed by atoms with E-state index >= 15 is 0 Å². The molecule has 78 valence electrons. The van der Waals surface area contributed by atoms with Crippen LogP contribution in [0, 0.1) is 0 Å². The summed E-state index contributed by atoms with van der Waals surface area (Å²) in [6.07, 6.45) is 3.99. The summed E-state index contributed by atoms with van der Waals surface area (Å²) in [7, 11) is 0. The normalized spacial score (nSPS) is 27.8. The molecule has 14 heavy (non-hydrogen) atoms. The topological polar surface area (TPSA) is 58.0 Å². The van der Waals surface area contributed by atoms with Gasteiger partial charge in [0.05, 0.1) is 11.8 Å². The van der Waals surface area contributed by atoms with E-state index in [0.29, 0.717) is 6.04 Å². The third kappa shape index (κ3) is 2.73. The van der Waals surface area contributed by atoms with Gasteiger partial charge in [-0.2, -0.15) is 0 Å². The molecule has 0 aromatic carbocycles. The number of aromatic nitrogens is 2. The van der Waals surface area contributed by atoms with Crippen LogP contribution in [0.15, 0.2) is 5.38 Å². The van der Waals surface area contributed by atoms with Gasteiger partial charge in [-0.15, -0.1) is 5.10 Å². The van der Waals surface area contributed by atoms with Crippen molar-refractivity contribution in [2.75, 3.05) is 0 Å². The van der Waals surface area contributed by atoms with E-state index in [4.69, 9.17) is 0 Å². The first kappa shape index (κ1) is 10.0. The van der Waals surface area contributed by atoms with Crippen molar-refractivity contribution in [3.05, 3.63) is 11.1 Å². The molecule has 0 aliphatic heterocycles. The van der Waals surface area contributed by atoms with Gasteiger partial charge in [0.2, 0.25) is 0 Å². The number of aliphatic hydroxyl groups excluding tert-OH is 1. The molecule has 1 heterocycles. The minimum atomic E-state index is -0.116. The Labute approximate surface area is 87.5 Å². The summed E-state index contributed by atoms with van der Waals surface area (Å²) in [5, 5.41) is 18.8. The van der Waals surface area contributed by atoms with Crippen molar-refractivity contribution < 1.29 is 5.11 Å². The summed E-state index contributed by atoms with van der Waals surface area (Å²) in [4.78, 5) is 0. The first-order valence-electron chi connectivity index (χ1n) is 5.02. The van der Waals surface area contributed by atoms with E-state index in [1.54, 1.807) is 0 Å². The van der Waals surface area contributed by atoms with Crippen LogP contribution in [0.3, 0.4) is 0 Å². The highest BCUT2D eigenvalue weighted by molar-refractivity contribution is 7.03. The predicted octanol–water partition coefficient (Wildman–Crippen LogP) is 0.931. The summed E-state index contributed by atoms with van der Waals surface area (Å²) in [6.45, 7) is 0.772. The number of aliphatic hydroxyl groups is 1. The van der Waals surface area contributed by atoms with E-state index < -0.39 is 0 Å². The maximum absolute atomic E-state index is 9.47. The maximum Gasteiger partial charge on any atom is 0.0893 e. The molecule has 1 saturated carbocycles. The van der Waals surface area contributed by atoms with E-state index in [1.165, 1.54) is 11.5 Å². The maximum atomic E-state index is 9.47. The molecule has 5 heteroatoms. The lowest BCUT2D eigenvalue weighted by atomic mass is 9.93. The Morgan fingerprint density at radius 2 is 2.50 bits per heavy atom. The second-order valence-electron chi connectivity index (χ2n) is 3.79. The zero-order valence-electron chi connectivity index (χ0n) is 8.02. The zero-order chi connectivity index (χ0) is 9.80. The number of nitrogens with one attached hydrogen (secondary N) is 1. The predicted molar refractivity (Wildman–Crippen MR) is 55.0 cm³/mol. The van der Waals surface area contributed by atoms with Gasteiger partial charge in [-0.1, -0.05) is 4.49 Å². The lowest BCUT2D eigenvalue weighted by molar-refractivity contribution is 0.111. The molecular formula is C9H15N3OS. The van der Waals surface area contributed by atoms with Crippen molar-refractivity contribution in [3.63, 3.8) is 0 Å². The van der Waals surface area contributed by atoms with E-state index in [2.05, 4.69) is 14.9 Å². The van der Waals surface area contributed by atoms with Gasteiger partial charge in [-0.3, -0.25) is 0 Å². The van der Waals surface area contributed by atoms with Gasteiger partial charge >= 0.3 is 0 Å². The molecule has 0 amide bonds. The molecule has 1 aliphatic rings. The van der Waals surface area contributed by atoms with Crippen LogP contribution in [0.25, 0.3) is 0 Å². The third-order valence-corrected chi connectivity index (χ3v) is 3.18. The van der Waals surface area contributed by atoms with Gasteiger partial charge in [-0.05, 0) is 37.2 Å². The Morgan fingerprint density at radius 3 is 3.21 bits per heavy atom. The van der Waals surface area contributed by atoms with Crippen LogP contribution in [0.4, 0.5) is 0 Å². The molecule has 1 aliphatic carbocycles. The third-order valence-electron chi connectivity index (χ3n) is 2.62. The van der Waals surface area contributed by atoms with Crippen LogP contribution < -0.4 is 5.32 Å². The average molecular weight is 213 g/mol. The standard InChI is InChI=1S/C9H15N3OS/c13-9-3-1-2-7(4-9)10-5-8-6-14-12-11-8/h6-7,9-10,13H,1-5H2/t7-,9+/m0/s1. The Balaban J connectivity index is 1.75. The minimum absolute atomic E-state index is 0.116. The minimum Gasteiger partial charge on any atom is -0.393 e. The molecule has 2 N–H and O–H groups in total. The second-order valence-corrected chi connectivity index (χ2v) is 4.40. The first-order chi connectivity index (χ1) is 6.84.